The number of halogens is 2. The third-order valence-electron chi connectivity index (χ3n) is 3.18. The minimum absolute atomic E-state index is 0.146. The average Bonchev–Trinajstić information content (AvgIpc) is 3.22. The summed E-state index contributed by atoms with van der Waals surface area (Å²) in [6.45, 7) is 1.99. The van der Waals surface area contributed by atoms with Gasteiger partial charge in [0.15, 0.2) is 10.7 Å². The summed E-state index contributed by atoms with van der Waals surface area (Å²) in [5, 5.41) is 23.7. The van der Waals surface area contributed by atoms with E-state index >= 15 is 0 Å². The van der Waals surface area contributed by atoms with Gasteiger partial charge in [0.05, 0.1) is 12.9 Å². The van der Waals surface area contributed by atoms with Crippen LogP contribution in [-0.4, -0.2) is 56.3 Å². The number of aromatic hydroxyl groups is 1. The first kappa shape index (κ1) is 20.4. The second kappa shape index (κ2) is 9.70. The van der Waals surface area contributed by atoms with Crippen molar-refractivity contribution in [1.82, 2.24) is 15.3 Å². The van der Waals surface area contributed by atoms with E-state index in [1.807, 2.05) is 0 Å². The number of carboxylic acid groups (broad SMARTS) is 1. The molecule has 0 radical (unpaired) electrons. The van der Waals surface area contributed by atoms with E-state index in [9.17, 15) is 14.7 Å². The van der Waals surface area contributed by atoms with Crippen molar-refractivity contribution < 1.29 is 19.8 Å². The molecule has 1 amide bonds. The molecule has 0 atom stereocenters. The fourth-order valence-corrected chi connectivity index (χ4v) is 1.99. The summed E-state index contributed by atoms with van der Waals surface area (Å²) >= 11 is 10.8. The minimum atomic E-state index is -1.32. The van der Waals surface area contributed by atoms with E-state index in [4.69, 9.17) is 28.3 Å². The van der Waals surface area contributed by atoms with E-state index in [0.29, 0.717) is 11.3 Å². The maximum atomic E-state index is 11.3. The summed E-state index contributed by atoms with van der Waals surface area (Å²) in [7, 11) is 0. The molecule has 9 nitrogen and oxygen atoms in total. The Bertz CT molecular complexity index is 837. The number of aromatic nitrogens is 2. The van der Waals surface area contributed by atoms with Gasteiger partial charge in [0.25, 0.3) is 5.91 Å². The smallest absolute Gasteiger partial charge is 0.342 e. The van der Waals surface area contributed by atoms with Crippen molar-refractivity contribution in [3.05, 3.63) is 36.0 Å². The van der Waals surface area contributed by atoms with Crippen LogP contribution in [0.1, 0.15) is 10.4 Å². The molecule has 1 aromatic heterocycles. The number of carbonyl (C=O) groups is 2. The molecule has 27 heavy (non-hydrogen) atoms. The summed E-state index contributed by atoms with van der Waals surface area (Å²) in [5.74, 6) is -2.36. The number of aliphatic imine (C=N–C) groups is 1. The molecule has 1 aromatic carbocycles. The Hall–Kier alpha value is -2.91. The summed E-state index contributed by atoms with van der Waals surface area (Å²) in [6.07, 6.45) is 2.75. The molecule has 0 saturated carbocycles. The lowest BCUT2D eigenvalue weighted by molar-refractivity contribution is -0.114. The number of rotatable bonds is 4. The first-order valence-electron chi connectivity index (χ1n) is 7.59. The fourth-order valence-electron chi connectivity index (χ4n) is 1.88. The molecule has 0 saturated heterocycles. The van der Waals surface area contributed by atoms with Gasteiger partial charge in [0, 0.05) is 24.0 Å². The molecule has 2 aromatic rings. The number of hydrogen-bond donors (Lipinski definition) is 4. The van der Waals surface area contributed by atoms with Gasteiger partial charge >= 0.3 is 5.97 Å². The van der Waals surface area contributed by atoms with Gasteiger partial charge in [0.2, 0.25) is 5.88 Å². The zero-order valence-corrected chi connectivity index (χ0v) is 15.3. The Kier molecular flexibility index (Phi) is 7.33. The number of nitrogens with zero attached hydrogens (tertiary/aromatic N) is 3. The van der Waals surface area contributed by atoms with Crippen molar-refractivity contribution in [2.24, 2.45) is 4.99 Å². The molecule has 142 valence electrons. The lowest BCUT2D eigenvalue weighted by atomic mass is 10.2. The Morgan fingerprint density at radius 2 is 1.93 bits per heavy atom. The van der Waals surface area contributed by atoms with E-state index < -0.39 is 22.6 Å². The average molecular weight is 412 g/mol. The highest BCUT2D eigenvalue weighted by Crippen LogP contribution is 2.22. The van der Waals surface area contributed by atoms with Crippen LogP contribution in [0, 0.1) is 0 Å². The monoisotopic (exact) mass is 411 g/mol. The molecule has 0 aliphatic carbocycles. The maximum Gasteiger partial charge on any atom is 0.342 e. The number of anilines is 1. The van der Waals surface area contributed by atoms with Crippen LogP contribution in [0.2, 0.25) is 0 Å². The van der Waals surface area contributed by atoms with E-state index in [1.54, 1.807) is 30.6 Å². The highest BCUT2D eigenvalue weighted by Gasteiger charge is 2.14. The quantitative estimate of drug-likeness (QED) is 0.563. The Balaban J connectivity index is 0.000000451. The molecule has 0 unspecified atom stereocenters. The van der Waals surface area contributed by atoms with E-state index in [1.165, 1.54) is 0 Å². The van der Waals surface area contributed by atoms with Crippen LogP contribution in [0.25, 0.3) is 11.4 Å². The molecule has 4 N–H and O–H groups in total. The maximum absolute atomic E-state index is 11.3. The van der Waals surface area contributed by atoms with Crippen LogP contribution < -0.4 is 10.6 Å². The normalized spacial score (nSPS) is 12.1. The van der Waals surface area contributed by atoms with Crippen molar-refractivity contribution >= 4 is 47.1 Å². The van der Waals surface area contributed by atoms with Crippen LogP contribution in [-0.2, 0) is 4.79 Å². The first-order chi connectivity index (χ1) is 12.9. The number of carboxylic acids is 1. The first-order valence-corrected chi connectivity index (χ1v) is 8.46. The second-order valence-corrected chi connectivity index (χ2v) is 6.19. The minimum Gasteiger partial charge on any atom is -0.493 e. The van der Waals surface area contributed by atoms with Gasteiger partial charge in [0.1, 0.15) is 5.56 Å². The van der Waals surface area contributed by atoms with Crippen LogP contribution >= 0.6 is 23.2 Å². The van der Waals surface area contributed by atoms with Gasteiger partial charge in [-0.3, -0.25) is 9.79 Å². The predicted molar refractivity (Wildman–Crippen MR) is 102 cm³/mol. The molecule has 1 aliphatic rings. The zero-order valence-electron chi connectivity index (χ0n) is 13.8. The fraction of sp³-hybridized carbons (Fsp3) is 0.188. The van der Waals surface area contributed by atoms with Gasteiger partial charge in [-0.1, -0.05) is 23.2 Å². The van der Waals surface area contributed by atoms with Gasteiger partial charge in [-0.05, 0) is 24.3 Å². The van der Waals surface area contributed by atoms with E-state index in [0.717, 1.165) is 19.3 Å². The Morgan fingerprint density at radius 1 is 1.22 bits per heavy atom. The molecule has 0 spiro atoms. The Labute approximate surface area is 164 Å². The number of alkyl halides is 2. The van der Waals surface area contributed by atoms with Gasteiger partial charge in [-0.2, -0.15) is 4.98 Å². The number of carbonyl (C=O) groups excluding carboxylic acids is 1. The largest absolute Gasteiger partial charge is 0.493 e. The number of amides is 1. The molecule has 2 heterocycles. The van der Waals surface area contributed by atoms with Crippen molar-refractivity contribution in [3.63, 3.8) is 0 Å². The zero-order chi connectivity index (χ0) is 19.8. The van der Waals surface area contributed by atoms with Crippen LogP contribution in [0.3, 0.4) is 0 Å². The number of nitrogens with one attached hydrogen (secondary N) is 2. The van der Waals surface area contributed by atoms with Crippen molar-refractivity contribution in [1.29, 1.82) is 0 Å². The summed E-state index contributed by atoms with van der Waals surface area (Å²) in [4.78, 5) is 32.4. The molecular weight excluding hydrogens is 397 g/mol. The van der Waals surface area contributed by atoms with Crippen LogP contribution in [0.4, 0.5) is 5.69 Å². The second-order valence-electron chi connectivity index (χ2n) is 5.09. The molecule has 0 bridgehead atoms. The Morgan fingerprint density at radius 3 is 2.37 bits per heavy atom. The number of aromatic carboxylic acids is 1. The highest BCUT2D eigenvalue weighted by molar-refractivity contribution is 6.54. The summed E-state index contributed by atoms with van der Waals surface area (Å²) < 4.78 is 0. The lowest BCUT2D eigenvalue weighted by Crippen LogP contribution is -2.18. The third-order valence-corrected chi connectivity index (χ3v) is 3.57. The van der Waals surface area contributed by atoms with Gasteiger partial charge in [-0.25, -0.2) is 9.78 Å². The van der Waals surface area contributed by atoms with Crippen molar-refractivity contribution in [2.45, 2.75) is 4.84 Å². The summed E-state index contributed by atoms with van der Waals surface area (Å²) in [5.41, 5.74) is 0.605. The van der Waals surface area contributed by atoms with E-state index in [2.05, 4.69) is 25.6 Å². The number of hydrogen-bond acceptors (Lipinski definition) is 7. The van der Waals surface area contributed by atoms with Crippen molar-refractivity contribution in [3.8, 4) is 17.3 Å². The van der Waals surface area contributed by atoms with Crippen LogP contribution in [0.5, 0.6) is 5.88 Å². The number of benzene rings is 1. The standard InChI is InChI=1S/C13H9Cl2N3O4.C3H6N2/c14-9(15)12(20)17-7-3-1-6(2-4-7)10-16-5-8(13(21)22)11(19)18-10;1-2-5-3-4-1/h1-5,9H,(H,17,20)(H,21,22)(H,16,18,19);3H,1-2H2,(H,4,5). The van der Waals surface area contributed by atoms with Crippen molar-refractivity contribution in [2.75, 3.05) is 18.4 Å². The third kappa shape index (κ3) is 6.08. The SMILES string of the molecule is C1=NCCN1.O=C(O)c1cnc(-c2ccc(NC(=O)C(Cl)Cl)cc2)nc1O. The molecule has 11 heteroatoms. The highest BCUT2D eigenvalue weighted by atomic mass is 35.5. The summed E-state index contributed by atoms with van der Waals surface area (Å²) in [6, 6.07) is 6.30. The molecule has 0 fully saturated rings. The lowest BCUT2D eigenvalue weighted by Gasteiger charge is -2.07. The van der Waals surface area contributed by atoms with Gasteiger partial charge in [-0.15, -0.1) is 0 Å². The molecule has 3 rings (SSSR count). The molecule has 1 aliphatic heterocycles. The predicted octanol–water partition coefficient (Wildman–Crippen LogP) is 1.91. The van der Waals surface area contributed by atoms with E-state index in [-0.39, 0.29) is 11.4 Å². The topological polar surface area (TPSA) is 137 Å². The van der Waals surface area contributed by atoms with Gasteiger partial charge < -0.3 is 20.8 Å². The van der Waals surface area contributed by atoms with Crippen LogP contribution in [0.15, 0.2) is 35.5 Å². The molecular formula is C16H15Cl2N5O4.